The van der Waals surface area contributed by atoms with Crippen LogP contribution in [0.5, 0.6) is 0 Å². The first-order valence-electron chi connectivity index (χ1n) is 8.39. The number of ether oxygens (including phenoxy) is 1. The molecule has 0 spiro atoms. The van der Waals surface area contributed by atoms with Gasteiger partial charge in [0.1, 0.15) is 0 Å². The Kier molecular flexibility index (Phi) is 6.68. The normalized spacial score (nSPS) is 21.4. The average molecular weight is 290 g/mol. The van der Waals surface area contributed by atoms with E-state index in [1.54, 1.807) is 0 Å². The SMILES string of the molecule is CCCc1ccc(C(C)NCC2CN(CC)CCO2)cc1. The molecule has 1 aliphatic rings. The highest BCUT2D eigenvalue weighted by molar-refractivity contribution is 5.24. The third-order valence-electron chi connectivity index (χ3n) is 4.34. The van der Waals surface area contributed by atoms with Gasteiger partial charge >= 0.3 is 0 Å². The number of rotatable bonds is 7. The number of hydrogen-bond acceptors (Lipinski definition) is 3. The van der Waals surface area contributed by atoms with Crippen molar-refractivity contribution in [3.05, 3.63) is 35.4 Å². The lowest BCUT2D eigenvalue weighted by Crippen LogP contribution is -2.46. The largest absolute Gasteiger partial charge is 0.374 e. The first kappa shape index (κ1) is 16.5. The minimum Gasteiger partial charge on any atom is -0.374 e. The maximum Gasteiger partial charge on any atom is 0.0826 e. The lowest BCUT2D eigenvalue weighted by molar-refractivity contribution is -0.0262. The van der Waals surface area contributed by atoms with E-state index in [0.717, 1.165) is 32.8 Å². The predicted octanol–water partition coefficient (Wildman–Crippen LogP) is 3.01. The number of nitrogens with zero attached hydrogens (tertiary/aromatic N) is 1. The van der Waals surface area contributed by atoms with Crippen LogP contribution in [-0.4, -0.2) is 43.8 Å². The Hall–Kier alpha value is -0.900. The molecule has 2 unspecified atom stereocenters. The zero-order valence-corrected chi connectivity index (χ0v) is 13.8. The molecule has 0 aliphatic carbocycles. The van der Waals surface area contributed by atoms with Crippen molar-refractivity contribution < 1.29 is 4.74 Å². The van der Waals surface area contributed by atoms with Gasteiger partial charge in [-0.05, 0) is 31.0 Å². The maximum absolute atomic E-state index is 5.84. The van der Waals surface area contributed by atoms with Crippen LogP contribution < -0.4 is 5.32 Å². The summed E-state index contributed by atoms with van der Waals surface area (Å²) in [5, 5.41) is 3.61. The predicted molar refractivity (Wildman–Crippen MR) is 88.7 cm³/mol. The Labute approximate surface area is 129 Å². The minimum absolute atomic E-state index is 0.320. The first-order chi connectivity index (χ1) is 10.2. The van der Waals surface area contributed by atoms with Gasteiger partial charge in [0, 0.05) is 25.7 Å². The molecule has 1 saturated heterocycles. The van der Waals surface area contributed by atoms with Crippen molar-refractivity contribution in [1.29, 1.82) is 0 Å². The highest BCUT2D eigenvalue weighted by Gasteiger charge is 2.19. The molecular weight excluding hydrogens is 260 g/mol. The van der Waals surface area contributed by atoms with Crippen molar-refractivity contribution in [3.8, 4) is 0 Å². The van der Waals surface area contributed by atoms with Crippen LogP contribution in [0.25, 0.3) is 0 Å². The number of hydrogen-bond donors (Lipinski definition) is 1. The lowest BCUT2D eigenvalue weighted by atomic mass is 10.0. The second kappa shape index (κ2) is 8.52. The summed E-state index contributed by atoms with van der Waals surface area (Å²) in [6, 6.07) is 9.40. The molecule has 1 N–H and O–H groups in total. The second-order valence-corrected chi connectivity index (χ2v) is 6.01. The topological polar surface area (TPSA) is 24.5 Å². The Bertz CT molecular complexity index is 404. The molecule has 2 rings (SSSR count). The van der Waals surface area contributed by atoms with E-state index in [1.165, 1.54) is 24.0 Å². The minimum atomic E-state index is 0.320. The average Bonchev–Trinajstić information content (AvgIpc) is 2.54. The molecule has 3 heteroatoms. The summed E-state index contributed by atoms with van der Waals surface area (Å²) in [7, 11) is 0. The molecule has 0 amide bonds. The van der Waals surface area contributed by atoms with Crippen LogP contribution in [0.15, 0.2) is 24.3 Å². The Balaban J connectivity index is 1.79. The zero-order chi connectivity index (χ0) is 15.1. The molecule has 0 aromatic heterocycles. The standard InChI is InChI=1S/C18H30N2O/c1-4-6-16-7-9-17(10-8-16)15(3)19-13-18-14-20(5-2)11-12-21-18/h7-10,15,18-19H,4-6,11-14H2,1-3H3. The van der Waals surface area contributed by atoms with Crippen molar-refractivity contribution in [1.82, 2.24) is 10.2 Å². The summed E-state index contributed by atoms with van der Waals surface area (Å²) in [6.07, 6.45) is 2.70. The third-order valence-corrected chi connectivity index (χ3v) is 4.34. The number of morpholine rings is 1. The third kappa shape index (κ3) is 5.10. The highest BCUT2D eigenvalue weighted by atomic mass is 16.5. The van der Waals surface area contributed by atoms with E-state index in [0.29, 0.717) is 12.1 Å². The van der Waals surface area contributed by atoms with E-state index in [-0.39, 0.29) is 0 Å². The fraction of sp³-hybridized carbons (Fsp3) is 0.667. The molecular formula is C18H30N2O. The fourth-order valence-corrected chi connectivity index (χ4v) is 2.88. The Morgan fingerprint density at radius 3 is 2.71 bits per heavy atom. The fourth-order valence-electron chi connectivity index (χ4n) is 2.88. The summed E-state index contributed by atoms with van der Waals surface area (Å²) in [6.45, 7) is 11.7. The Morgan fingerprint density at radius 2 is 2.05 bits per heavy atom. The maximum atomic E-state index is 5.84. The quantitative estimate of drug-likeness (QED) is 0.835. The van der Waals surface area contributed by atoms with Gasteiger partial charge in [-0.2, -0.15) is 0 Å². The summed E-state index contributed by atoms with van der Waals surface area (Å²) in [4.78, 5) is 2.46. The molecule has 21 heavy (non-hydrogen) atoms. The van der Waals surface area contributed by atoms with E-state index in [1.807, 2.05) is 0 Å². The van der Waals surface area contributed by atoms with E-state index < -0.39 is 0 Å². The first-order valence-corrected chi connectivity index (χ1v) is 8.39. The molecule has 0 bridgehead atoms. The van der Waals surface area contributed by atoms with Crippen molar-refractivity contribution in [3.63, 3.8) is 0 Å². The van der Waals surface area contributed by atoms with Crippen molar-refractivity contribution in [2.45, 2.75) is 45.8 Å². The van der Waals surface area contributed by atoms with Gasteiger partial charge in [0.05, 0.1) is 12.7 Å². The summed E-state index contributed by atoms with van der Waals surface area (Å²) in [5.41, 5.74) is 2.79. The van der Waals surface area contributed by atoms with Gasteiger partial charge in [0.25, 0.3) is 0 Å². The van der Waals surface area contributed by atoms with E-state index in [9.17, 15) is 0 Å². The number of nitrogens with one attached hydrogen (secondary N) is 1. The van der Waals surface area contributed by atoms with Gasteiger partial charge in [-0.1, -0.05) is 44.5 Å². The molecule has 2 atom stereocenters. The lowest BCUT2D eigenvalue weighted by Gasteiger charge is -2.32. The van der Waals surface area contributed by atoms with Crippen molar-refractivity contribution in [2.75, 3.05) is 32.8 Å². The smallest absolute Gasteiger partial charge is 0.0826 e. The van der Waals surface area contributed by atoms with Gasteiger partial charge in [0.15, 0.2) is 0 Å². The van der Waals surface area contributed by atoms with E-state index in [4.69, 9.17) is 4.74 Å². The number of benzene rings is 1. The number of likely N-dealkylation sites (N-methyl/N-ethyl adjacent to an activating group) is 1. The van der Waals surface area contributed by atoms with E-state index in [2.05, 4.69) is 55.3 Å². The van der Waals surface area contributed by atoms with Crippen LogP contribution in [0, 0.1) is 0 Å². The van der Waals surface area contributed by atoms with Gasteiger partial charge < -0.3 is 10.1 Å². The zero-order valence-electron chi connectivity index (χ0n) is 13.8. The molecule has 0 radical (unpaired) electrons. The van der Waals surface area contributed by atoms with Crippen LogP contribution >= 0.6 is 0 Å². The van der Waals surface area contributed by atoms with Crippen molar-refractivity contribution >= 4 is 0 Å². The van der Waals surface area contributed by atoms with Crippen LogP contribution in [-0.2, 0) is 11.2 Å². The van der Waals surface area contributed by atoms with Crippen LogP contribution in [0.2, 0.25) is 0 Å². The monoisotopic (exact) mass is 290 g/mol. The van der Waals surface area contributed by atoms with Gasteiger partial charge in [-0.25, -0.2) is 0 Å². The van der Waals surface area contributed by atoms with Crippen LogP contribution in [0.4, 0.5) is 0 Å². The Morgan fingerprint density at radius 1 is 1.29 bits per heavy atom. The summed E-state index contributed by atoms with van der Waals surface area (Å²) in [5.74, 6) is 0. The van der Waals surface area contributed by atoms with Crippen LogP contribution in [0.1, 0.15) is 44.4 Å². The van der Waals surface area contributed by atoms with Gasteiger partial charge in [-0.15, -0.1) is 0 Å². The molecule has 1 aromatic rings. The van der Waals surface area contributed by atoms with Crippen molar-refractivity contribution in [2.24, 2.45) is 0 Å². The molecule has 1 aromatic carbocycles. The van der Waals surface area contributed by atoms with Gasteiger partial charge in [0.2, 0.25) is 0 Å². The van der Waals surface area contributed by atoms with E-state index >= 15 is 0 Å². The molecule has 1 fully saturated rings. The molecule has 3 nitrogen and oxygen atoms in total. The highest BCUT2D eigenvalue weighted by Crippen LogP contribution is 2.15. The molecule has 118 valence electrons. The molecule has 0 saturated carbocycles. The van der Waals surface area contributed by atoms with Crippen LogP contribution in [0.3, 0.4) is 0 Å². The summed E-state index contributed by atoms with van der Waals surface area (Å²) < 4.78 is 5.84. The second-order valence-electron chi connectivity index (χ2n) is 6.01. The number of aryl methyl sites for hydroxylation is 1. The summed E-state index contributed by atoms with van der Waals surface area (Å²) >= 11 is 0. The van der Waals surface area contributed by atoms with Gasteiger partial charge in [-0.3, -0.25) is 4.90 Å². The molecule has 1 aliphatic heterocycles. The molecule has 1 heterocycles.